The van der Waals surface area contributed by atoms with Crippen molar-refractivity contribution in [3.05, 3.63) is 30.0 Å². The van der Waals surface area contributed by atoms with Crippen LogP contribution in [0.1, 0.15) is 17.5 Å². The molecule has 0 spiro atoms. The van der Waals surface area contributed by atoms with Gasteiger partial charge in [0.1, 0.15) is 24.0 Å². The lowest BCUT2D eigenvalue weighted by molar-refractivity contribution is 0.0989. The van der Waals surface area contributed by atoms with Gasteiger partial charge in [-0.2, -0.15) is 0 Å². The first-order valence-electron chi connectivity index (χ1n) is 5.51. The van der Waals surface area contributed by atoms with Crippen molar-refractivity contribution < 1.29 is 19.1 Å². The largest absolute Gasteiger partial charge is 0.491 e. The van der Waals surface area contributed by atoms with E-state index in [1.54, 1.807) is 24.3 Å². The van der Waals surface area contributed by atoms with Crippen LogP contribution in [0.4, 0.5) is 0 Å². The SMILES string of the molecule is CC(=O)c1cc2ccc(OCC(O)CCl)cc2o1. The van der Waals surface area contributed by atoms with E-state index in [4.69, 9.17) is 20.8 Å². The van der Waals surface area contributed by atoms with Gasteiger partial charge in [-0.3, -0.25) is 4.79 Å². The van der Waals surface area contributed by atoms with Gasteiger partial charge >= 0.3 is 0 Å². The molecule has 5 heteroatoms. The van der Waals surface area contributed by atoms with E-state index < -0.39 is 6.10 Å². The van der Waals surface area contributed by atoms with Crippen molar-refractivity contribution in [3.8, 4) is 5.75 Å². The number of carbonyl (C=O) groups excluding carboxylic acids is 1. The molecule has 0 amide bonds. The summed E-state index contributed by atoms with van der Waals surface area (Å²) in [5.41, 5.74) is 0.582. The molecular formula is C13H13ClO4. The first kappa shape index (κ1) is 12.9. The van der Waals surface area contributed by atoms with Gasteiger partial charge in [0.05, 0.1) is 5.88 Å². The van der Waals surface area contributed by atoms with Gasteiger partial charge < -0.3 is 14.3 Å². The lowest BCUT2D eigenvalue weighted by atomic mass is 10.2. The number of hydrogen-bond donors (Lipinski definition) is 1. The third-order valence-corrected chi connectivity index (χ3v) is 2.82. The normalized spacial score (nSPS) is 12.6. The number of ketones is 1. The Labute approximate surface area is 109 Å². The zero-order valence-corrected chi connectivity index (χ0v) is 10.6. The van der Waals surface area contributed by atoms with E-state index in [0.29, 0.717) is 17.1 Å². The van der Waals surface area contributed by atoms with E-state index in [-0.39, 0.29) is 18.3 Å². The second-order valence-corrected chi connectivity index (χ2v) is 4.29. The van der Waals surface area contributed by atoms with Gasteiger partial charge in [-0.05, 0) is 18.2 Å². The second kappa shape index (κ2) is 5.42. The van der Waals surface area contributed by atoms with Gasteiger partial charge in [-0.25, -0.2) is 0 Å². The predicted molar refractivity (Wildman–Crippen MR) is 68.4 cm³/mol. The van der Waals surface area contributed by atoms with Gasteiger partial charge in [0, 0.05) is 18.4 Å². The Morgan fingerprint density at radius 3 is 2.94 bits per heavy atom. The lowest BCUT2D eigenvalue weighted by Crippen LogP contribution is -2.18. The molecule has 1 aromatic carbocycles. The van der Waals surface area contributed by atoms with Crippen LogP contribution >= 0.6 is 11.6 Å². The Bertz CT molecular complexity index is 561. The predicted octanol–water partition coefficient (Wildman–Crippen LogP) is 2.61. The van der Waals surface area contributed by atoms with Crippen molar-refractivity contribution in [2.45, 2.75) is 13.0 Å². The smallest absolute Gasteiger partial charge is 0.194 e. The molecule has 0 radical (unpaired) electrons. The van der Waals surface area contributed by atoms with Crippen LogP contribution < -0.4 is 4.74 Å². The number of alkyl halides is 1. The summed E-state index contributed by atoms with van der Waals surface area (Å²) >= 11 is 5.47. The quantitative estimate of drug-likeness (QED) is 0.669. The summed E-state index contributed by atoms with van der Waals surface area (Å²) in [6.07, 6.45) is -0.702. The fourth-order valence-corrected chi connectivity index (χ4v) is 1.60. The lowest BCUT2D eigenvalue weighted by Gasteiger charge is -2.09. The number of hydrogen-bond acceptors (Lipinski definition) is 4. The molecule has 0 aliphatic rings. The van der Waals surface area contributed by atoms with Crippen molar-refractivity contribution in [1.29, 1.82) is 0 Å². The number of halogens is 1. The summed E-state index contributed by atoms with van der Waals surface area (Å²) in [5, 5.41) is 10.1. The third-order valence-electron chi connectivity index (χ3n) is 2.46. The van der Waals surface area contributed by atoms with Crippen molar-refractivity contribution in [3.63, 3.8) is 0 Å². The fourth-order valence-electron chi connectivity index (χ4n) is 1.51. The molecule has 2 rings (SSSR count). The van der Waals surface area contributed by atoms with Crippen LogP contribution in [0.3, 0.4) is 0 Å². The summed E-state index contributed by atoms with van der Waals surface area (Å²) in [6.45, 7) is 1.57. The Kier molecular flexibility index (Phi) is 3.89. The molecular weight excluding hydrogens is 256 g/mol. The maximum absolute atomic E-state index is 11.2. The summed E-state index contributed by atoms with van der Waals surface area (Å²) in [4.78, 5) is 11.2. The molecule has 0 aliphatic heterocycles. The van der Waals surface area contributed by atoms with Gasteiger partial charge in [-0.15, -0.1) is 11.6 Å². The zero-order chi connectivity index (χ0) is 13.1. The average molecular weight is 269 g/mol. The summed E-state index contributed by atoms with van der Waals surface area (Å²) in [7, 11) is 0. The number of furan rings is 1. The summed E-state index contributed by atoms with van der Waals surface area (Å²) < 4.78 is 10.7. The van der Waals surface area contributed by atoms with Crippen molar-refractivity contribution >= 4 is 28.4 Å². The maximum Gasteiger partial charge on any atom is 0.194 e. The highest BCUT2D eigenvalue weighted by atomic mass is 35.5. The molecule has 1 atom stereocenters. The van der Waals surface area contributed by atoms with E-state index in [0.717, 1.165) is 5.39 Å². The van der Waals surface area contributed by atoms with E-state index in [2.05, 4.69) is 0 Å². The molecule has 0 saturated carbocycles. The highest BCUT2D eigenvalue weighted by Gasteiger charge is 2.09. The van der Waals surface area contributed by atoms with E-state index in [9.17, 15) is 9.90 Å². The van der Waals surface area contributed by atoms with Gasteiger partial charge in [0.25, 0.3) is 0 Å². The third kappa shape index (κ3) is 2.83. The molecule has 1 heterocycles. The molecule has 2 aromatic rings. The highest BCUT2D eigenvalue weighted by Crippen LogP contribution is 2.24. The zero-order valence-electron chi connectivity index (χ0n) is 9.85. The molecule has 0 bridgehead atoms. The van der Waals surface area contributed by atoms with Crippen LogP contribution in [0, 0.1) is 0 Å². The van der Waals surface area contributed by atoms with Crippen molar-refractivity contribution in [2.24, 2.45) is 0 Å². The number of ether oxygens (including phenoxy) is 1. The number of Topliss-reactive ketones (excluding diaryl/α,β-unsaturated/α-hetero) is 1. The molecule has 18 heavy (non-hydrogen) atoms. The highest BCUT2D eigenvalue weighted by molar-refractivity contribution is 6.18. The first-order chi connectivity index (χ1) is 8.60. The minimum Gasteiger partial charge on any atom is -0.491 e. The Hall–Kier alpha value is -1.52. The molecule has 1 unspecified atom stereocenters. The van der Waals surface area contributed by atoms with Gasteiger partial charge in [0.2, 0.25) is 0 Å². The Balaban J connectivity index is 2.19. The molecule has 0 saturated heterocycles. The number of benzene rings is 1. The van der Waals surface area contributed by atoms with Gasteiger partial charge in [0.15, 0.2) is 11.5 Å². The van der Waals surface area contributed by atoms with Crippen LogP contribution in [0.15, 0.2) is 28.7 Å². The van der Waals surface area contributed by atoms with E-state index in [1.165, 1.54) is 6.92 Å². The molecule has 96 valence electrons. The molecule has 0 fully saturated rings. The number of rotatable bonds is 5. The minimum atomic E-state index is -0.702. The first-order valence-corrected chi connectivity index (χ1v) is 6.05. The fraction of sp³-hybridized carbons (Fsp3) is 0.308. The maximum atomic E-state index is 11.2. The second-order valence-electron chi connectivity index (χ2n) is 3.99. The standard InChI is InChI=1S/C13H13ClO4/c1-8(15)12-4-9-2-3-11(5-13(9)18-12)17-7-10(16)6-14/h2-5,10,16H,6-7H2,1H3. The monoisotopic (exact) mass is 268 g/mol. The molecule has 1 aromatic heterocycles. The van der Waals surface area contributed by atoms with Crippen molar-refractivity contribution in [2.75, 3.05) is 12.5 Å². The van der Waals surface area contributed by atoms with Crippen LogP contribution in [-0.4, -0.2) is 29.5 Å². The number of aliphatic hydroxyl groups excluding tert-OH is 1. The number of carbonyl (C=O) groups is 1. The average Bonchev–Trinajstić information content (AvgIpc) is 2.79. The summed E-state index contributed by atoms with van der Waals surface area (Å²) in [5.74, 6) is 0.891. The Morgan fingerprint density at radius 1 is 1.50 bits per heavy atom. The molecule has 4 nitrogen and oxygen atoms in total. The van der Waals surface area contributed by atoms with Crippen LogP contribution in [0.25, 0.3) is 11.0 Å². The molecule has 1 N–H and O–H groups in total. The Morgan fingerprint density at radius 2 is 2.28 bits per heavy atom. The van der Waals surface area contributed by atoms with E-state index in [1.807, 2.05) is 0 Å². The summed E-state index contributed by atoms with van der Waals surface area (Å²) in [6, 6.07) is 6.92. The minimum absolute atomic E-state index is 0.119. The molecule has 0 aliphatic carbocycles. The van der Waals surface area contributed by atoms with Crippen molar-refractivity contribution in [1.82, 2.24) is 0 Å². The van der Waals surface area contributed by atoms with Crippen LogP contribution in [-0.2, 0) is 0 Å². The van der Waals surface area contributed by atoms with Crippen LogP contribution in [0.5, 0.6) is 5.75 Å². The van der Waals surface area contributed by atoms with Gasteiger partial charge in [-0.1, -0.05) is 0 Å². The number of aliphatic hydroxyl groups is 1. The number of fused-ring (bicyclic) bond motifs is 1. The van der Waals surface area contributed by atoms with Crippen LogP contribution in [0.2, 0.25) is 0 Å². The van der Waals surface area contributed by atoms with E-state index >= 15 is 0 Å². The topological polar surface area (TPSA) is 59.7 Å².